The molecular formula is C28H26ClN5O. The first-order valence-corrected chi connectivity index (χ1v) is 12.4. The van der Waals surface area contributed by atoms with Gasteiger partial charge < -0.3 is 14.5 Å². The van der Waals surface area contributed by atoms with Crippen LogP contribution in [0.25, 0.3) is 28.7 Å². The smallest absolute Gasteiger partial charge is 0.256 e. The van der Waals surface area contributed by atoms with Crippen LogP contribution < -0.4 is 5.32 Å². The Morgan fingerprint density at radius 1 is 1.00 bits per heavy atom. The molecule has 7 heteroatoms. The van der Waals surface area contributed by atoms with Crippen molar-refractivity contribution in [1.29, 1.82) is 0 Å². The molecule has 1 amide bonds. The van der Waals surface area contributed by atoms with E-state index in [9.17, 15) is 4.79 Å². The van der Waals surface area contributed by atoms with Gasteiger partial charge in [0.05, 0.1) is 5.69 Å². The molecule has 0 saturated heterocycles. The van der Waals surface area contributed by atoms with Crippen LogP contribution in [0.4, 0.5) is 5.69 Å². The van der Waals surface area contributed by atoms with Gasteiger partial charge in [-0.2, -0.15) is 0 Å². The average Bonchev–Trinajstić information content (AvgIpc) is 3.40. The predicted octanol–water partition coefficient (Wildman–Crippen LogP) is 6.23. The number of aryl methyl sites for hydroxylation is 2. The summed E-state index contributed by atoms with van der Waals surface area (Å²) in [5.74, 6) is 1.94. The number of benzene rings is 2. The number of carbonyl (C=O) groups excluding carboxylic acids is 1. The van der Waals surface area contributed by atoms with Gasteiger partial charge in [-0.15, -0.1) is 10.2 Å². The fourth-order valence-electron chi connectivity index (χ4n) is 5.25. The third-order valence-electron chi connectivity index (χ3n) is 7.03. The molecule has 2 aromatic heterocycles. The molecule has 0 aliphatic carbocycles. The number of hydrogen-bond donors (Lipinski definition) is 1. The molecule has 176 valence electrons. The summed E-state index contributed by atoms with van der Waals surface area (Å²) in [6.45, 7) is 5.15. The van der Waals surface area contributed by atoms with E-state index in [1.165, 1.54) is 19.3 Å². The highest BCUT2D eigenvalue weighted by Crippen LogP contribution is 2.36. The third-order valence-corrected chi connectivity index (χ3v) is 7.26. The first-order chi connectivity index (χ1) is 17.0. The van der Waals surface area contributed by atoms with E-state index in [0.29, 0.717) is 10.6 Å². The van der Waals surface area contributed by atoms with Crippen LogP contribution in [0.3, 0.4) is 0 Å². The Balaban J connectivity index is 1.34. The number of rotatable bonds is 3. The van der Waals surface area contributed by atoms with E-state index in [-0.39, 0.29) is 5.91 Å². The second-order valence-electron chi connectivity index (χ2n) is 9.31. The predicted molar refractivity (Wildman–Crippen MR) is 140 cm³/mol. The molecule has 35 heavy (non-hydrogen) atoms. The van der Waals surface area contributed by atoms with Crippen molar-refractivity contribution in [2.45, 2.75) is 46.1 Å². The van der Waals surface area contributed by atoms with Crippen molar-refractivity contribution in [3.63, 3.8) is 0 Å². The van der Waals surface area contributed by atoms with Crippen molar-refractivity contribution in [3.05, 3.63) is 81.9 Å². The Morgan fingerprint density at radius 3 is 2.66 bits per heavy atom. The number of halogens is 1. The highest BCUT2D eigenvalue weighted by Gasteiger charge is 2.25. The molecule has 0 fully saturated rings. The summed E-state index contributed by atoms with van der Waals surface area (Å²) >= 11 is 6.10. The Morgan fingerprint density at radius 2 is 1.83 bits per heavy atom. The SMILES string of the molecule is Cc1cc(/C=C2\C(=O)Nc3cc(Cl)ccc32)c(C)n1-c1ccc(-c2nnc3n2CCCCC3)cc1. The Hall–Kier alpha value is -3.64. The average molecular weight is 484 g/mol. The zero-order chi connectivity index (χ0) is 24.1. The topological polar surface area (TPSA) is 64.7 Å². The maximum absolute atomic E-state index is 12.7. The lowest BCUT2D eigenvalue weighted by Crippen LogP contribution is -2.04. The summed E-state index contributed by atoms with van der Waals surface area (Å²) in [4.78, 5) is 12.7. The van der Waals surface area contributed by atoms with Crippen LogP contribution in [0, 0.1) is 13.8 Å². The van der Waals surface area contributed by atoms with Crippen LogP contribution in [0.2, 0.25) is 5.02 Å². The van der Waals surface area contributed by atoms with Gasteiger partial charge in [0.1, 0.15) is 5.82 Å². The van der Waals surface area contributed by atoms with Crippen LogP contribution in [0.15, 0.2) is 48.5 Å². The Labute approximate surface area is 209 Å². The fourth-order valence-corrected chi connectivity index (χ4v) is 5.43. The van der Waals surface area contributed by atoms with Crippen LogP contribution >= 0.6 is 11.6 Å². The molecule has 2 aliphatic rings. The highest BCUT2D eigenvalue weighted by atomic mass is 35.5. The molecule has 6 nitrogen and oxygen atoms in total. The second-order valence-corrected chi connectivity index (χ2v) is 9.75. The minimum Gasteiger partial charge on any atom is -0.321 e. The molecule has 4 aromatic rings. The van der Waals surface area contributed by atoms with Crippen LogP contribution in [-0.4, -0.2) is 25.2 Å². The normalized spacial score (nSPS) is 16.2. The molecule has 0 radical (unpaired) electrons. The maximum atomic E-state index is 12.7. The number of nitrogens with one attached hydrogen (secondary N) is 1. The van der Waals surface area contributed by atoms with Crippen molar-refractivity contribution >= 4 is 34.8 Å². The zero-order valence-corrected chi connectivity index (χ0v) is 20.6. The number of hydrogen-bond acceptors (Lipinski definition) is 3. The summed E-state index contributed by atoms with van der Waals surface area (Å²) in [5, 5.41) is 12.5. The molecule has 0 bridgehead atoms. The van der Waals surface area contributed by atoms with Gasteiger partial charge in [-0.1, -0.05) is 24.1 Å². The van der Waals surface area contributed by atoms with Crippen molar-refractivity contribution < 1.29 is 4.79 Å². The number of fused-ring (bicyclic) bond motifs is 2. The van der Waals surface area contributed by atoms with Crippen LogP contribution in [-0.2, 0) is 17.8 Å². The van der Waals surface area contributed by atoms with E-state index >= 15 is 0 Å². The van der Waals surface area contributed by atoms with Gasteiger partial charge in [-0.25, -0.2) is 0 Å². The molecule has 0 unspecified atom stereocenters. The standard InChI is InChI=1S/C28H26ClN5O/c1-17-14-20(15-24-23-12-9-21(29)16-25(23)30-28(24)35)18(2)34(17)22-10-7-19(8-11-22)27-32-31-26-6-4-3-5-13-33(26)27/h7-12,14-16H,3-6,13H2,1-2H3,(H,30,35)/b24-15-. The quantitative estimate of drug-likeness (QED) is 0.351. The molecule has 0 saturated carbocycles. The van der Waals surface area contributed by atoms with E-state index < -0.39 is 0 Å². The molecule has 1 N–H and O–H groups in total. The summed E-state index contributed by atoms with van der Waals surface area (Å²) < 4.78 is 4.49. The van der Waals surface area contributed by atoms with Gasteiger partial charge in [-0.05, 0) is 80.8 Å². The summed E-state index contributed by atoms with van der Waals surface area (Å²) in [6.07, 6.45) is 6.57. The number of nitrogens with zero attached hydrogens (tertiary/aromatic N) is 4. The van der Waals surface area contributed by atoms with Gasteiger partial charge in [0.15, 0.2) is 5.82 Å². The van der Waals surface area contributed by atoms with E-state index in [1.807, 2.05) is 18.2 Å². The maximum Gasteiger partial charge on any atom is 0.256 e. The van der Waals surface area contributed by atoms with Crippen LogP contribution in [0.1, 0.15) is 47.6 Å². The molecule has 0 atom stereocenters. The van der Waals surface area contributed by atoms with Crippen LogP contribution in [0.5, 0.6) is 0 Å². The number of amides is 1. The molecule has 0 spiro atoms. The monoisotopic (exact) mass is 483 g/mol. The second kappa shape index (κ2) is 8.54. The minimum atomic E-state index is -0.108. The highest BCUT2D eigenvalue weighted by molar-refractivity contribution is 6.36. The summed E-state index contributed by atoms with van der Waals surface area (Å²) in [6, 6.07) is 16.1. The van der Waals surface area contributed by atoms with E-state index in [2.05, 4.69) is 68.8 Å². The van der Waals surface area contributed by atoms with Gasteiger partial charge in [0, 0.05) is 51.8 Å². The summed E-state index contributed by atoms with van der Waals surface area (Å²) in [7, 11) is 0. The van der Waals surface area contributed by atoms with E-state index in [1.54, 1.807) is 6.07 Å². The van der Waals surface area contributed by atoms with Gasteiger partial charge in [0.25, 0.3) is 5.91 Å². The van der Waals surface area contributed by atoms with Crippen molar-refractivity contribution in [1.82, 2.24) is 19.3 Å². The van der Waals surface area contributed by atoms with Gasteiger partial charge in [-0.3, -0.25) is 4.79 Å². The van der Waals surface area contributed by atoms with Gasteiger partial charge >= 0.3 is 0 Å². The molecule has 2 aromatic carbocycles. The van der Waals surface area contributed by atoms with Gasteiger partial charge in [0.2, 0.25) is 0 Å². The van der Waals surface area contributed by atoms with Crippen molar-refractivity contribution in [2.24, 2.45) is 0 Å². The Kier molecular flexibility index (Phi) is 5.33. The lowest BCUT2D eigenvalue weighted by Gasteiger charge is -2.11. The molecule has 6 rings (SSSR count). The number of anilines is 1. The Bertz CT molecular complexity index is 1490. The zero-order valence-electron chi connectivity index (χ0n) is 19.8. The third kappa shape index (κ3) is 3.78. The first kappa shape index (κ1) is 21.9. The molecular weight excluding hydrogens is 458 g/mol. The van der Waals surface area contributed by atoms with Crippen molar-refractivity contribution in [2.75, 3.05) is 5.32 Å². The number of aromatic nitrogens is 4. The first-order valence-electron chi connectivity index (χ1n) is 12.0. The fraction of sp³-hybridized carbons (Fsp3) is 0.250. The van der Waals surface area contributed by atoms with E-state index in [0.717, 1.165) is 64.1 Å². The number of carbonyl (C=O) groups is 1. The lowest BCUT2D eigenvalue weighted by molar-refractivity contribution is -0.110. The molecule has 4 heterocycles. The lowest BCUT2D eigenvalue weighted by atomic mass is 10.0. The van der Waals surface area contributed by atoms with E-state index in [4.69, 9.17) is 11.6 Å². The minimum absolute atomic E-state index is 0.108. The summed E-state index contributed by atoms with van der Waals surface area (Å²) in [5.41, 5.74) is 7.64. The van der Waals surface area contributed by atoms with Crippen molar-refractivity contribution in [3.8, 4) is 17.1 Å². The largest absolute Gasteiger partial charge is 0.321 e. The molecule has 2 aliphatic heterocycles.